The molecule has 0 radical (unpaired) electrons. The summed E-state index contributed by atoms with van der Waals surface area (Å²) in [7, 11) is 0.198. The molecule has 6 heteroatoms. The highest BCUT2D eigenvalue weighted by molar-refractivity contribution is 9.10. The van der Waals surface area contributed by atoms with Crippen LogP contribution in [-0.2, 0) is 10.8 Å². The topological polar surface area (TPSA) is 51.0 Å². The molecule has 0 aromatic heterocycles. The van der Waals surface area contributed by atoms with Crippen LogP contribution < -0.4 is 4.74 Å². The summed E-state index contributed by atoms with van der Waals surface area (Å²) in [6.45, 7) is 2.00. The Balaban J connectivity index is 1.95. The zero-order chi connectivity index (χ0) is 18.5. The molecule has 0 bridgehead atoms. The second-order valence-corrected chi connectivity index (χ2v) is 7.87. The van der Waals surface area contributed by atoms with Crippen LogP contribution in [0.2, 0.25) is 0 Å². The first kappa shape index (κ1) is 18.5. The average Bonchev–Trinajstić information content (AvgIpc) is 2.67. The Labute approximate surface area is 163 Å². The first-order valence-electron chi connectivity index (χ1n) is 7.91. The molecule has 3 aromatic rings. The van der Waals surface area contributed by atoms with Gasteiger partial charge >= 0.3 is 0 Å². The van der Waals surface area contributed by atoms with Crippen molar-refractivity contribution >= 4 is 38.1 Å². The molecule has 132 valence electrons. The number of halogens is 1. The van der Waals surface area contributed by atoms with Gasteiger partial charge in [0, 0.05) is 9.37 Å². The molecule has 3 rings (SSSR count). The average molecular weight is 429 g/mol. The Bertz CT molecular complexity index is 972. The molecule has 0 saturated heterocycles. The fourth-order valence-corrected chi connectivity index (χ4v) is 3.87. The predicted octanol–water partition coefficient (Wildman–Crippen LogP) is 6.35. The predicted molar refractivity (Wildman–Crippen MR) is 107 cm³/mol. The molecule has 3 aromatic carbocycles. The van der Waals surface area contributed by atoms with E-state index in [1.807, 2.05) is 55.5 Å². The van der Waals surface area contributed by atoms with E-state index in [-0.39, 0.29) is 0 Å². The lowest BCUT2D eigenvalue weighted by atomic mass is 10.2. The molecular weight excluding hydrogens is 412 g/mol. The number of rotatable bonds is 5. The van der Waals surface area contributed by atoms with Gasteiger partial charge in [-0.15, -0.1) is 5.11 Å². The molecule has 0 N–H and O–H groups in total. The first-order chi connectivity index (χ1) is 12.6. The second kappa shape index (κ2) is 8.38. The van der Waals surface area contributed by atoms with E-state index in [1.54, 1.807) is 25.3 Å². The Hall–Kier alpha value is -2.31. The smallest absolute Gasteiger partial charge is 0.135 e. The molecule has 1 atom stereocenters. The van der Waals surface area contributed by atoms with Crippen LogP contribution >= 0.6 is 15.9 Å². The van der Waals surface area contributed by atoms with Crippen molar-refractivity contribution in [3.05, 3.63) is 76.8 Å². The lowest BCUT2D eigenvalue weighted by molar-refractivity contribution is 0.404. The van der Waals surface area contributed by atoms with Gasteiger partial charge in [-0.2, -0.15) is 5.11 Å². The third-order valence-electron chi connectivity index (χ3n) is 3.71. The zero-order valence-electron chi connectivity index (χ0n) is 14.3. The van der Waals surface area contributed by atoms with E-state index in [4.69, 9.17) is 4.74 Å². The molecular formula is C20H17BrN2O2S. The summed E-state index contributed by atoms with van der Waals surface area (Å²) in [6.07, 6.45) is 0. The summed E-state index contributed by atoms with van der Waals surface area (Å²) >= 11 is 3.44. The van der Waals surface area contributed by atoms with Crippen molar-refractivity contribution in [2.24, 2.45) is 10.2 Å². The zero-order valence-corrected chi connectivity index (χ0v) is 16.8. The Morgan fingerprint density at radius 2 is 1.69 bits per heavy atom. The van der Waals surface area contributed by atoms with Crippen molar-refractivity contribution in [2.45, 2.75) is 16.7 Å². The van der Waals surface area contributed by atoms with Gasteiger partial charge in [-0.1, -0.05) is 29.8 Å². The number of azo groups is 1. The molecule has 0 aliphatic heterocycles. The molecule has 0 saturated carbocycles. The summed E-state index contributed by atoms with van der Waals surface area (Å²) in [6, 6.07) is 20.5. The highest BCUT2D eigenvalue weighted by atomic mass is 79.9. The van der Waals surface area contributed by atoms with Crippen molar-refractivity contribution in [1.82, 2.24) is 0 Å². The van der Waals surface area contributed by atoms with Crippen LogP contribution in [0.25, 0.3) is 0 Å². The standard InChI is InChI=1S/C20H17BrN2O2S/c1-14-7-10-16(11-8-14)26(24)20-13-15(9-12-19(20)25-2)22-23-18-6-4-3-5-17(18)21/h3-13H,1-2H3/t26-/m0/s1. The maximum atomic E-state index is 13.0. The van der Waals surface area contributed by atoms with Crippen LogP contribution in [0.5, 0.6) is 5.75 Å². The van der Waals surface area contributed by atoms with Gasteiger partial charge in [0.15, 0.2) is 0 Å². The molecule has 0 heterocycles. The molecule has 0 aliphatic rings. The summed E-state index contributed by atoms with van der Waals surface area (Å²) in [5.41, 5.74) is 2.45. The molecule has 26 heavy (non-hydrogen) atoms. The van der Waals surface area contributed by atoms with Crippen LogP contribution in [0.15, 0.2) is 91.2 Å². The quantitative estimate of drug-likeness (QED) is 0.444. The largest absolute Gasteiger partial charge is 0.495 e. The Morgan fingerprint density at radius 3 is 2.38 bits per heavy atom. The molecule has 0 amide bonds. The van der Waals surface area contributed by atoms with Crippen molar-refractivity contribution in [1.29, 1.82) is 0 Å². The van der Waals surface area contributed by atoms with Crippen molar-refractivity contribution in [3.8, 4) is 5.75 Å². The second-order valence-electron chi connectivity index (χ2n) is 5.57. The lowest BCUT2D eigenvalue weighted by Crippen LogP contribution is -1.97. The lowest BCUT2D eigenvalue weighted by Gasteiger charge is -2.09. The first-order valence-corrected chi connectivity index (χ1v) is 9.85. The summed E-state index contributed by atoms with van der Waals surface area (Å²) in [4.78, 5) is 1.29. The highest BCUT2D eigenvalue weighted by Gasteiger charge is 2.14. The minimum absolute atomic E-state index is 0.559. The van der Waals surface area contributed by atoms with E-state index < -0.39 is 10.8 Å². The van der Waals surface area contributed by atoms with E-state index >= 15 is 0 Å². The number of benzene rings is 3. The highest BCUT2D eigenvalue weighted by Crippen LogP contribution is 2.32. The number of hydrogen-bond donors (Lipinski definition) is 0. The van der Waals surface area contributed by atoms with Gasteiger partial charge in [-0.05, 0) is 65.3 Å². The molecule has 0 spiro atoms. The van der Waals surface area contributed by atoms with E-state index in [0.717, 1.165) is 15.7 Å². The van der Waals surface area contributed by atoms with Crippen LogP contribution in [0.3, 0.4) is 0 Å². The molecule has 0 fully saturated rings. The monoisotopic (exact) mass is 428 g/mol. The van der Waals surface area contributed by atoms with E-state index in [9.17, 15) is 4.21 Å². The molecule has 0 unspecified atom stereocenters. The minimum atomic E-state index is -1.37. The van der Waals surface area contributed by atoms with Gasteiger partial charge in [-0.3, -0.25) is 0 Å². The van der Waals surface area contributed by atoms with Gasteiger partial charge in [-0.25, -0.2) is 4.21 Å². The third kappa shape index (κ3) is 4.26. The summed E-state index contributed by atoms with van der Waals surface area (Å²) in [5, 5.41) is 8.52. The van der Waals surface area contributed by atoms with Crippen LogP contribution in [0, 0.1) is 6.92 Å². The van der Waals surface area contributed by atoms with Crippen molar-refractivity contribution < 1.29 is 8.95 Å². The minimum Gasteiger partial charge on any atom is -0.495 e. The van der Waals surface area contributed by atoms with Gasteiger partial charge in [0.25, 0.3) is 0 Å². The van der Waals surface area contributed by atoms with E-state index in [1.165, 1.54) is 0 Å². The maximum Gasteiger partial charge on any atom is 0.135 e. The van der Waals surface area contributed by atoms with Crippen LogP contribution in [0.4, 0.5) is 11.4 Å². The summed E-state index contributed by atoms with van der Waals surface area (Å²) in [5.74, 6) is 0.559. The Morgan fingerprint density at radius 1 is 0.962 bits per heavy atom. The van der Waals surface area contributed by atoms with Gasteiger partial charge in [0.05, 0.1) is 34.2 Å². The molecule has 0 aliphatic carbocycles. The van der Waals surface area contributed by atoms with E-state index in [2.05, 4.69) is 26.2 Å². The van der Waals surface area contributed by atoms with E-state index in [0.29, 0.717) is 21.2 Å². The normalized spacial score (nSPS) is 12.3. The molecule has 4 nitrogen and oxygen atoms in total. The van der Waals surface area contributed by atoms with Gasteiger partial charge < -0.3 is 4.74 Å². The SMILES string of the molecule is COc1ccc(N=Nc2ccccc2Br)cc1[S@@](=O)c1ccc(C)cc1. The Kier molecular flexibility index (Phi) is 5.96. The number of hydrogen-bond acceptors (Lipinski definition) is 4. The maximum absolute atomic E-state index is 13.0. The van der Waals surface area contributed by atoms with Crippen molar-refractivity contribution in [3.63, 3.8) is 0 Å². The van der Waals surface area contributed by atoms with Gasteiger partial charge in [0.1, 0.15) is 5.75 Å². The van der Waals surface area contributed by atoms with Crippen LogP contribution in [-0.4, -0.2) is 11.3 Å². The van der Waals surface area contributed by atoms with Crippen molar-refractivity contribution in [2.75, 3.05) is 7.11 Å². The summed E-state index contributed by atoms with van der Waals surface area (Å²) < 4.78 is 19.2. The number of nitrogens with zero attached hydrogens (tertiary/aromatic N) is 2. The number of ether oxygens (including phenoxy) is 1. The number of methoxy groups -OCH3 is 1. The third-order valence-corrected chi connectivity index (χ3v) is 5.80. The fraction of sp³-hybridized carbons (Fsp3) is 0.100. The fourth-order valence-electron chi connectivity index (χ4n) is 2.31. The van der Waals surface area contributed by atoms with Crippen LogP contribution in [0.1, 0.15) is 5.56 Å². The number of aryl methyl sites for hydroxylation is 1. The van der Waals surface area contributed by atoms with Gasteiger partial charge in [0.2, 0.25) is 0 Å².